The van der Waals surface area contributed by atoms with Crippen LogP contribution >= 0.6 is 0 Å². The average molecular weight is 354 g/mol. The molecule has 0 atom stereocenters. The van der Waals surface area contributed by atoms with Gasteiger partial charge in [-0.15, -0.1) is 0 Å². The highest BCUT2D eigenvalue weighted by Gasteiger charge is 2.15. The molecule has 0 radical (unpaired) electrons. The summed E-state index contributed by atoms with van der Waals surface area (Å²) in [7, 11) is 0. The van der Waals surface area contributed by atoms with Crippen molar-refractivity contribution in [2.45, 2.75) is 0 Å². The number of nitrogens with two attached hydrogens (primary N) is 1. The Bertz CT molecular complexity index is 955. The number of nitrogens with one attached hydrogen (secondary N) is 1. The van der Waals surface area contributed by atoms with E-state index in [0.717, 1.165) is 6.34 Å². The number of pyridine rings is 3. The van der Waals surface area contributed by atoms with Gasteiger partial charge in [0.15, 0.2) is 5.82 Å². The lowest BCUT2D eigenvalue weighted by Crippen LogP contribution is -2.14. The van der Waals surface area contributed by atoms with Crippen LogP contribution in [-0.4, -0.2) is 27.2 Å². The third-order valence-electron chi connectivity index (χ3n) is 3.11. The molecule has 3 aromatic rings. The van der Waals surface area contributed by atoms with E-state index >= 15 is 0 Å². The largest absolute Gasteiger partial charge is 0.454 e. The monoisotopic (exact) mass is 354 g/mol. The van der Waals surface area contributed by atoms with Crippen molar-refractivity contribution in [3.63, 3.8) is 0 Å². The Labute approximate surface area is 149 Å². The zero-order valence-electron chi connectivity index (χ0n) is 13.3. The molecule has 0 aliphatic heterocycles. The summed E-state index contributed by atoms with van der Waals surface area (Å²) in [5.74, 6) is -0.396. The summed E-state index contributed by atoms with van der Waals surface area (Å²) in [6.45, 7) is 0. The molecule has 0 aliphatic carbocycles. The molecule has 3 heterocycles. The number of hydrogen-bond acceptors (Lipinski definition) is 6. The highest BCUT2D eigenvalue weighted by Crippen LogP contribution is 2.26. The van der Waals surface area contributed by atoms with E-state index in [0.29, 0.717) is 11.5 Å². The molecule has 0 saturated heterocycles. The minimum Gasteiger partial charge on any atom is -0.454 e. The highest BCUT2D eigenvalue weighted by molar-refractivity contribution is 6.07. The van der Waals surface area contributed by atoms with Crippen LogP contribution in [-0.2, 0) is 0 Å². The van der Waals surface area contributed by atoms with Crippen molar-refractivity contribution in [1.82, 2.24) is 15.0 Å². The van der Waals surface area contributed by atoms with Gasteiger partial charge in [0.1, 0.15) is 17.3 Å². The lowest BCUT2D eigenvalue weighted by atomic mass is 10.2. The van der Waals surface area contributed by atoms with Gasteiger partial charge in [0.2, 0.25) is 5.95 Å². The summed E-state index contributed by atoms with van der Waals surface area (Å²) < 4.78 is 18.8. The van der Waals surface area contributed by atoms with Gasteiger partial charge >= 0.3 is 0 Å². The number of aliphatic imine (C=N–C) groups is 1. The first-order chi connectivity index (χ1) is 12.7. The average Bonchev–Trinajstić information content (AvgIpc) is 2.64. The van der Waals surface area contributed by atoms with Gasteiger partial charge in [-0.2, -0.15) is 4.39 Å². The summed E-state index contributed by atoms with van der Waals surface area (Å²) in [6.07, 6.45) is 5.53. The molecule has 0 bridgehead atoms. The molecule has 3 rings (SSSR count). The quantitative estimate of drug-likeness (QED) is 0.413. The van der Waals surface area contributed by atoms with Gasteiger partial charge in [-0.1, -0.05) is 6.07 Å². The van der Waals surface area contributed by atoms with Gasteiger partial charge in [-0.25, -0.2) is 15.0 Å². The van der Waals surface area contributed by atoms with E-state index in [1.54, 1.807) is 18.3 Å². The van der Waals surface area contributed by atoms with Crippen molar-refractivity contribution >= 4 is 23.9 Å². The van der Waals surface area contributed by atoms with E-state index in [9.17, 15) is 9.18 Å². The summed E-state index contributed by atoms with van der Waals surface area (Å²) >= 11 is 0. The Morgan fingerprint density at radius 1 is 1.27 bits per heavy atom. The molecule has 0 spiro atoms. The minimum absolute atomic E-state index is 0. The predicted octanol–water partition coefficient (Wildman–Crippen LogP) is 2.92. The maximum absolute atomic E-state index is 13.2. The molecular weight excluding hydrogens is 339 g/mol. The maximum atomic E-state index is 13.2. The number of carbonyl (C=O) groups is 1. The molecule has 9 heteroatoms. The molecule has 8 nitrogen and oxygen atoms in total. The molecule has 0 fully saturated rings. The van der Waals surface area contributed by atoms with Crippen LogP contribution in [0.25, 0.3) is 0 Å². The van der Waals surface area contributed by atoms with Crippen LogP contribution < -0.4 is 15.8 Å². The number of carbonyl (C=O) groups excluding carboxylic acids is 1. The van der Waals surface area contributed by atoms with E-state index in [-0.39, 0.29) is 18.6 Å². The predicted molar refractivity (Wildman–Crippen MR) is 95.1 cm³/mol. The molecule has 0 saturated carbocycles. The first kappa shape index (κ1) is 17.0. The van der Waals surface area contributed by atoms with Crippen LogP contribution in [0.3, 0.4) is 0 Å². The minimum atomic E-state index is -0.713. The van der Waals surface area contributed by atoms with E-state index in [1.165, 1.54) is 36.7 Å². The van der Waals surface area contributed by atoms with Crippen LogP contribution in [0.15, 0.2) is 60.0 Å². The first-order valence-corrected chi connectivity index (χ1v) is 7.42. The van der Waals surface area contributed by atoms with E-state index in [4.69, 9.17) is 10.5 Å². The standard InChI is InChI=1S/C17H13FN6O2.H2/c18-14-4-1-5-15(23-14)24-17(25)13-7-12(9-21-16(13)22-10-19)26-11-3-2-6-20-8-11;/h1-10H,(H2,19,21,22)(H,23,24,25);1H. The number of amides is 1. The second-order valence-electron chi connectivity index (χ2n) is 4.91. The van der Waals surface area contributed by atoms with Crippen LogP contribution in [0.2, 0.25) is 0 Å². The van der Waals surface area contributed by atoms with E-state index in [1.807, 2.05) is 0 Å². The van der Waals surface area contributed by atoms with Crippen molar-refractivity contribution < 1.29 is 15.3 Å². The van der Waals surface area contributed by atoms with Gasteiger partial charge < -0.3 is 15.8 Å². The Kier molecular flexibility index (Phi) is 5.08. The SMILES string of the molecule is N/C=N\c1ncc(Oc2cccnc2)cc1C(=O)Nc1cccc(F)n1.[HH]. The Balaban J connectivity index is 0.00000261. The number of aromatic nitrogens is 3. The number of ether oxygens (including phenoxy) is 1. The third kappa shape index (κ3) is 4.15. The second kappa shape index (κ2) is 7.79. The smallest absolute Gasteiger partial charge is 0.260 e. The molecule has 3 aromatic heterocycles. The molecule has 26 heavy (non-hydrogen) atoms. The van der Waals surface area contributed by atoms with Gasteiger partial charge in [0.25, 0.3) is 5.91 Å². The van der Waals surface area contributed by atoms with E-state index < -0.39 is 11.9 Å². The van der Waals surface area contributed by atoms with Crippen LogP contribution in [0.1, 0.15) is 11.8 Å². The van der Waals surface area contributed by atoms with E-state index in [2.05, 4.69) is 25.3 Å². The third-order valence-corrected chi connectivity index (χ3v) is 3.11. The second-order valence-corrected chi connectivity index (χ2v) is 4.91. The van der Waals surface area contributed by atoms with Crippen LogP contribution in [0, 0.1) is 5.95 Å². The van der Waals surface area contributed by atoms with Gasteiger partial charge in [0.05, 0.1) is 24.3 Å². The summed E-state index contributed by atoms with van der Waals surface area (Å²) in [5.41, 5.74) is 5.38. The Morgan fingerprint density at radius 2 is 2.15 bits per heavy atom. The fourth-order valence-electron chi connectivity index (χ4n) is 2.04. The molecule has 3 N–H and O–H groups in total. The fraction of sp³-hybridized carbons (Fsp3) is 0. The lowest BCUT2D eigenvalue weighted by Gasteiger charge is -2.09. The van der Waals surface area contributed by atoms with Gasteiger partial charge in [-0.3, -0.25) is 9.78 Å². The van der Waals surface area contributed by atoms with Crippen molar-refractivity contribution in [3.8, 4) is 11.5 Å². The molecule has 0 aromatic carbocycles. The number of nitrogens with zero attached hydrogens (tertiary/aromatic N) is 4. The number of halogens is 1. The lowest BCUT2D eigenvalue weighted by molar-refractivity contribution is 0.102. The van der Waals surface area contributed by atoms with Crippen molar-refractivity contribution in [3.05, 3.63) is 66.5 Å². The Hall–Kier alpha value is -3.88. The normalized spacial score (nSPS) is 10.7. The maximum Gasteiger partial charge on any atom is 0.260 e. The van der Waals surface area contributed by atoms with Gasteiger partial charge in [-0.05, 0) is 30.3 Å². The van der Waals surface area contributed by atoms with Crippen LogP contribution in [0.4, 0.5) is 16.0 Å². The zero-order chi connectivity index (χ0) is 18.4. The number of anilines is 1. The fourth-order valence-corrected chi connectivity index (χ4v) is 2.04. The summed E-state index contributed by atoms with van der Waals surface area (Å²) in [5, 5.41) is 2.48. The highest BCUT2D eigenvalue weighted by atomic mass is 19.1. The van der Waals surface area contributed by atoms with Crippen molar-refractivity contribution in [2.24, 2.45) is 10.7 Å². The molecule has 1 amide bonds. The molecular formula is C17H15FN6O2. The summed E-state index contributed by atoms with van der Waals surface area (Å²) in [6, 6.07) is 8.91. The van der Waals surface area contributed by atoms with Crippen molar-refractivity contribution in [2.75, 3.05) is 5.32 Å². The van der Waals surface area contributed by atoms with Crippen molar-refractivity contribution in [1.29, 1.82) is 0 Å². The molecule has 0 unspecified atom stereocenters. The number of rotatable bonds is 5. The summed E-state index contributed by atoms with van der Waals surface area (Å²) in [4.78, 5) is 28.0. The topological polar surface area (TPSA) is 115 Å². The number of hydrogen-bond donors (Lipinski definition) is 2. The van der Waals surface area contributed by atoms with Gasteiger partial charge in [0, 0.05) is 7.62 Å². The molecule has 132 valence electrons. The zero-order valence-corrected chi connectivity index (χ0v) is 13.3. The first-order valence-electron chi connectivity index (χ1n) is 7.42. The molecule has 0 aliphatic rings. The Morgan fingerprint density at radius 3 is 2.88 bits per heavy atom. The van der Waals surface area contributed by atoms with Crippen LogP contribution in [0.5, 0.6) is 11.5 Å².